The fourth-order valence-corrected chi connectivity index (χ4v) is 1.53. The molecule has 0 radical (unpaired) electrons. The predicted molar refractivity (Wildman–Crippen MR) is 87.5 cm³/mol. The summed E-state index contributed by atoms with van der Waals surface area (Å²) in [5.74, 6) is 0.140. The van der Waals surface area contributed by atoms with E-state index in [4.69, 9.17) is 23.7 Å². The second-order valence-electron chi connectivity index (χ2n) is 4.97. The van der Waals surface area contributed by atoms with Gasteiger partial charge < -0.3 is 23.7 Å². The molecule has 0 bridgehead atoms. The molecular formula is C15H29BrO6. The van der Waals surface area contributed by atoms with Crippen LogP contribution in [0.3, 0.4) is 0 Å². The zero-order valence-corrected chi connectivity index (χ0v) is 15.3. The van der Waals surface area contributed by atoms with E-state index in [2.05, 4.69) is 15.9 Å². The molecule has 0 unspecified atom stereocenters. The van der Waals surface area contributed by atoms with Crippen LogP contribution in [-0.2, 0) is 28.5 Å². The first kappa shape index (κ1) is 21.8. The third-order valence-corrected chi connectivity index (χ3v) is 2.69. The Morgan fingerprint density at radius 2 is 1.27 bits per heavy atom. The molecule has 0 rings (SSSR count). The third-order valence-electron chi connectivity index (χ3n) is 2.37. The number of halogens is 1. The molecule has 0 aromatic heterocycles. The summed E-state index contributed by atoms with van der Waals surface area (Å²) >= 11 is 3.28. The van der Waals surface area contributed by atoms with E-state index in [-0.39, 0.29) is 12.4 Å². The molecule has 0 spiro atoms. The minimum Gasteiger partial charge on any atom is -0.465 e. The molecule has 0 atom stereocenters. The molecule has 6 nitrogen and oxygen atoms in total. The molecular weight excluding hydrogens is 356 g/mol. The number of alkyl halides is 1. The molecule has 0 saturated carbocycles. The first-order chi connectivity index (χ1) is 10.7. The van der Waals surface area contributed by atoms with Crippen molar-refractivity contribution in [2.24, 2.45) is 5.92 Å². The van der Waals surface area contributed by atoms with Crippen molar-refractivity contribution in [1.82, 2.24) is 0 Å². The van der Waals surface area contributed by atoms with Gasteiger partial charge in [0.2, 0.25) is 0 Å². The summed E-state index contributed by atoms with van der Waals surface area (Å²) in [6.45, 7) is 8.72. The molecule has 0 saturated heterocycles. The average Bonchev–Trinajstić information content (AvgIpc) is 2.49. The summed E-state index contributed by atoms with van der Waals surface area (Å²) in [5.41, 5.74) is 0. The van der Waals surface area contributed by atoms with Crippen LogP contribution < -0.4 is 0 Å². The first-order valence-corrected chi connectivity index (χ1v) is 8.81. The van der Waals surface area contributed by atoms with Gasteiger partial charge in [0.05, 0.1) is 65.9 Å². The Balaban J connectivity index is 3.09. The van der Waals surface area contributed by atoms with Crippen molar-refractivity contribution in [2.45, 2.75) is 20.3 Å². The fourth-order valence-electron chi connectivity index (χ4n) is 1.30. The Bertz CT molecular complexity index is 250. The highest BCUT2D eigenvalue weighted by atomic mass is 79.9. The van der Waals surface area contributed by atoms with E-state index in [1.807, 2.05) is 13.8 Å². The van der Waals surface area contributed by atoms with Gasteiger partial charge in [0.25, 0.3) is 0 Å². The maximum Gasteiger partial charge on any atom is 0.308 e. The van der Waals surface area contributed by atoms with Crippen LogP contribution >= 0.6 is 15.9 Å². The van der Waals surface area contributed by atoms with Crippen LogP contribution in [0, 0.1) is 5.92 Å². The van der Waals surface area contributed by atoms with Crippen molar-refractivity contribution in [3.05, 3.63) is 0 Å². The van der Waals surface area contributed by atoms with Gasteiger partial charge in [0, 0.05) is 5.33 Å². The molecule has 0 aliphatic carbocycles. The zero-order valence-electron chi connectivity index (χ0n) is 13.7. The Labute approximate surface area is 141 Å². The van der Waals surface area contributed by atoms with Crippen molar-refractivity contribution >= 4 is 21.9 Å². The Morgan fingerprint density at radius 3 is 1.73 bits per heavy atom. The number of esters is 1. The second-order valence-corrected chi connectivity index (χ2v) is 5.76. The minimum atomic E-state index is -0.217. The van der Waals surface area contributed by atoms with E-state index in [1.54, 1.807) is 0 Å². The highest BCUT2D eigenvalue weighted by molar-refractivity contribution is 9.09. The van der Waals surface area contributed by atoms with Crippen LogP contribution in [-0.4, -0.2) is 70.8 Å². The van der Waals surface area contributed by atoms with Crippen LogP contribution in [0.1, 0.15) is 20.3 Å². The molecule has 132 valence electrons. The topological polar surface area (TPSA) is 63.2 Å². The van der Waals surface area contributed by atoms with E-state index in [9.17, 15) is 4.79 Å². The van der Waals surface area contributed by atoms with Crippen molar-refractivity contribution in [2.75, 3.05) is 64.8 Å². The Morgan fingerprint density at radius 1 is 0.818 bits per heavy atom. The maximum atomic E-state index is 11.3. The van der Waals surface area contributed by atoms with Gasteiger partial charge in [-0.1, -0.05) is 29.8 Å². The number of carbonyl (C=O) groups excluding carboxylic acids is 1. The SMILES string of the molecule is CC(C)COC(=O)CCOCCOCCOCCOCCBr. The lowest BCUT2D eigenvalue weighted by molar-refractivity contribution is -0.146. The van der Waals surface area contributed by atoms with E-state index in [1.165, 1.54) is 0 Å². The molecule has 0 aromatic carbocycles. The van der Waals surface area contributed by atoms with Crippen LogP contribution in [0.4, 0.5) is 0 Å². The number of ether oxygens (including phenoxy) is 5. The van der Waals surface area contributed by atoms with Gasteiger partial charge in [-0.2, -0.15) is 0 Å². The van der Waals surface area contributed by atoms with Gasteiger partial charge in [-0.3, -0.25) is 4.79 Å². The van der Waals surface area contributed by atoms with Crippen molar-refractivity contribution < 1.29 is 28.5 Å². The van der Waals surface area contributed by atoms with Crippen molar-refractivity contribution in [3.8, 4) is 0 Å². The molecule has 22 heavy (non-hydrogen) atoms. The molecule has 0 aromatic rings. The summed E-state index contributed by atoms with van der Waals surface area (Å²) in [4.78, 5) is 11.3. The van der Waals surface area contributed by atoms with E-state index in [0.29, 0.717) is 65.4 Å². The van der Waals surface area contributed by atoms with E-state index in [0.717, 1.165) is 5.33 Å². The van der Waals surface area contributed by atoms with E-state index < -0.39 is 0 Å². The molecule has 0 N–H and O–H groups in total. The Hall–Kier alpha value is -0.210. The van der Waals surface area contributed by atoms with Crippen LogP contribution in [0.5, 0.6) is 0 Å². The highest BCUT2D eigenvalue weighted by Gasteiger charge is 2.04. The minimum absolute atomic E-state index is 0.217. The zero-order chi connectivity index (χ0) is 16.5. The van der Waals surface area contributed by atoms with Gasteiger partial charge >= 0.3 is 5.97 Å². The molecule has 0 amide bonds. The quantitative estimate of drug-likeness (QED) is 0.230. The Kier molecular flexibility index (Phi) is 17.0. The first-order valence-electron chi connectivity index (χ1n) is 7.69. The standard InChI is InChI=1S/C15H29BrO6/c1-14(2)13-22-15(17)3-5-18-7-9-20-11-12-21-10-8-19-6-4-16/h14H,3-13H2,1-2H3. The van der Waals surface area contributed by atoms with Crippen molar-refractivity contribution in [3.63, 3.8) is 0 Å². The van der Waals surface area contributed by atoms with Crippen LogP contribution in [0.15, 0.2) is 0 Å². The summed E-state index contributed by atoms with van der Waals surface area (Å²) in [6.07, 6.45) is 0.282. The average molecular weight is 385 g/mol. The second kappa shape index (κ2) is 17.1. The monoisotopic (exact) mass is 384 g/mol. The lowest BCUT2D eigenvalue weighted by atomic mass is 10.2. The molecule has 0 heterocycles. The number of hydrogen-bond donors (Lipinski definition) is 0. The fraction of sp³-hybridized carbons (Fsp3) is 0.933. The van der Waals surface area contributed by atoms with E-state index >= 15 is 0 Å². The van der Waals surface area contributed by atoms with Gasteiger partial charge in [0.15, 0.2) is 0 Å². The predicted octanol–water partition coefficient (Wildman–Crippen LogP) is 2.04. The molecule has 7 heteroatoms. The summed E-state index contributed by atoms with van der Waals surface area (Å²) in [6, 6.07) is 0. The summed E-state index contributed by atoms with van der Waals surface area (Å²) in [7, 11) is 0. The van der Waals surface area contributed by atoms with Crippen molar-refractivity contribution in [1.29, 1.82) is 0 Å². The lowest BCUT2D eigenvalue weighted by Gasteiger charge is -2.08. The number of rotatable bonds is 16. The largest absolute Gasteiger partial charge is 0.465 e. The molecule has 0 aliphatic heterocycles. The number of carbonyl (C=O) groups is 1. The lowest BCUT2D eigenvalue weighted by Crippen LogP contribution is -2.14. The van der Waals surface area contributed by atoms with Gasteiger partial charge in [-0.25, -0.2) is 0 Å². The maximum absolute atomic E-state index is 11.3. The molecule has 0 fully saturated rings. The molecule has 0 aliphatic rings. The van der Waals surface area contributed by atoms with Crippen LogP contribution in [0.25, 0.3) is 0 Å². The summed E-state index contributed by atoms with van der Waals surface area (Å²) < 4.78 is 26.2. The van der Waals surface area contributed by atoms with Crippen LogP contribution in [0.2, 0.25) is 0 Å². The highest BCUT2D eigenvalue weighted by Crippen LogP contribution is 1.95. The van der Waals surface area contributed by atoms with Gasteiger partial charge in [-0.05, 0) is 5.92 Å². The third kappa shape index (κ3) is 17.8. The van der Waals surface area contributed by atoms with Gasteiger partial charge in [0.1, 0.15) is 0 Å². The smallest absolute Gasteiger partial charge is 0.308 e. The van der Waals surface area contributed by atoms with Gasteiger partial charge in [-0.15, -0.1) is 0 Å². The normalized spacial score (nSPS) is 11.1. The summed E-state index contributed by atoms with van der Waals surface area (Å²) in [5, 5.41) is 0.839. The number of hydrogen-bond acceptors (Lipinski definition) is 6.